The normalized spacial score (nSPS) is 22.7. The molecule has 120 valence electrons. The summed E-state index contributed by atoms with van der Waals surface area (Å²) in [6.07, 6.45) is 0.629. The summed E-state index contributed by atoms with van der Waals surface area (Å²) in [5, 5.41) is 3.15. The van der Waals surface area contributed by atoms with Gasteiger partial charge >= 0.3 is 0 Å². The minimum Gasteiger partial charge on any atom is -0.316 e. The number of rotatable bonds is 3. The van der Waals surface area contributed by atoms with E-state index in [1.165, 1.54) is 0 Å². The first kappa shape index (κ1) is 18.8. The van der Waals surface area contributed by atoms with E-state index in [0.29, 0.717) is 25.6 Å². The Balaban J connectivity index is 0.00000220. The molecule has 1 aliphatic heterocycles. The van der Waals surface area contributed by atoms with Crippen LogP contribution in [0, 0.1) is 17.6 Å². The Hall–Kier alpha value is -0.280. The lowest BCUT2D eigenvalue weighted by Crippen LogP contribution is -2.48. The van der Waals surface area contributed by atoms with Gasteiger partial charge in [-0.15, -0.1) is 12.4 Å². The smallest absolute Gasteiger partial charge is 0.243 e. The standard InChI is InChI=1S/C12H15BrF2N2O2S.ClH/c1-7-6-16-3-2-11(7)17-20(18,19)12-4-8(13)9(14)5-10(12)15;/h4-5,7,11,16-17H,2-3,6H2,1H3;1H. The third-order valence-corrected chi connectivity index (χ3v) is 5.47. The molecule has 1 fully saturated rings. The summed E-state index contributed by atoms with van der Waals surface area (Å²) in [4.78, 5) is -0.545. The summed E-state index contributed by atoms with van der Waals surface area (Å²) in [6.45, 7) is 3.31. The van der Waals surface area contributed by atoms with Gasteiger partial charge in [-0.3, -0.25) is 0 Å². The van der Waals surface area contributed by atoms with Crippen LogP contribution in [-0.2, 0) is 10.0 Å². The first-order chi connectivity index (χ1) is 9.31. The second-order valence-electron chi connectivity index (χ2n) is 4.89. The van der Waals surface area contributed by atoms with Crippen LogP contribution in [0.2, 0.25) is 0 Å². The summed E-state index contributed by atoms with van der Waals surface area (Å²) in [6, 6.07) is 1.24. The maximum Gasteiger partial charge on any atom is 0.243 e. The molecule has 0 saturated carbocycles. The van der Waals surface area contributed by atoms with Crippen molar-refractivity contribution in [1.82, 2.24) is 10.0 Å². The van der Waals surface area contributed by atoms with E-state index in [2.05, 4.69) is 26.0 Å². The van der Waals surface area contributed by atoms with Gasteiger partial charge in [-0.1, -0.05) is 6.92 Å². The van der Waals surface area contributed by atoms with Crippen molar-refractivity contribution < 1.29 is 17.2 Å². The van der Waals surface area contributed by atoms with E-state index < -0.39 is 26.6 Å². The lowest BCUT2D eigenvalue weighted by atomic mass is 9.97. The zero-order valence-electron chi connectivity index (χ0n) is 11.2. The van der Waals surface area contributed by atoms with E-state index in [9.17, 15) is 17.2 Å². The Morgan fingerprint density at radius 1 is 1.33 bits per heavy atom. The molecule has 1 aliphatic rings. The lowest BCUT2D eigenvalue weighted by molar-refractivity contribution is 0.327. The molecule has 0 bridgehead atoms. The predicted octanol–water partition coefficient (Wildman–Crippen LogP) is 2.43. The van der Waals surface area contributed by atoms with Gasteiger partial charge in [0.2, 0.25) is 10.0 Å². The average Bonchev–Trinajstić information content (AvgIpc) is 2.36. The van der Waals surface area contributed by atoms with Crippen molar-refractivity contribution in [2.75, 3.05) is 13.1 Å². The highest BCUT2D eigenvalue weighted by Crippen LogP contribution is 2.24. The van der Waals surface area contributed by atoms with Crippen molar-refractivity contribution in [1.29, 1.82) is 0 Å². The number of hydrogen-bond donors (Lipinski definition) is 2. The Morgan fingerprint density at radius 3 is 2.62 bits per heavy atom. The molecule has 2 atom stereocenters. The van der Waals surface area contributed by atoms with Gasteiger partial charge in [0.25, 0.3) is 0 Å². The molecular formula is C12H16BrClF2N2O2S. The molecule has 0 amide bonds. The van der Waals surface area contributed by atoms with Gasteiger partial charge in [0.15, 0.2) is 0 Å². The van der Waals surface area contributed by atoms with E-state index in [1.54, 1.807) is 0 Å². The van der Waals surface area contributed by atoms with Crippen LogP contribution in [-0.4, -0.2) is 27.5 Å². The highest BCUT2D eigenvalue weighted by molar-refractivity contribution is 9.10. The fourth-order valence-electron chi connectivity index (χ4n) is 2.16. The van der Waals surface area contributed by atoms with Crippen molar-refractivity contribution >= 4 is 38.4 Å². The summed E-state index contributed by atoms with van der Waals surface area (Å²) in [5.74, 6) is -1.83. The number of piperidine rings is 1. The van der Waals surface area contributed by atoms with Crippen LogP contribution >= 0.6 is 28.3 Å². The molecule has 1 saturated heterocycles. The first-order valence-electron chi connectivity index (χ1n) is 6.19. The summed E-state index contributed by atoms with van der Waals surface area (Å²) in [5.41, 5.74) is 0. The average molecular weight is 406 g/mol. The van der Waals surface area contributed by atoms with E-state index in [1.807, 2.05) is 6.92 Å². The summed E-state index contributed by atoms with van der Waals surface area (Å²) >= 11 is 2.87. The van der Waals surface area contributed by atoms with Crippen LogP contribution in [0.5, 0.6) is 0 Å². The molecule has 1 aromatic rings. The Labute approximate surface area is 137 Å². The number of benzene rings is 1. The molecule has 21 heavy (non-hydrogen) atoms. The van der Waals surface area contributed by atoms with Crippen LogP contribution in [0.25, 0.3) is 0 Å². The summed E-state index contributed by atoms with van der Waals surface area (Å²) in [7, 11) is -4.01. The molecule has 0 aliphatic carbocycles. The third kappa shape index (κ3) is 4.35. The fraction of sp³-hybridized carbons (Fsp3) is 0.500. The first-order valence-corrected chi connectivity index (χ1v) is 8.46. The molecule has 0 aromatic heterocycles. The highest BCUT2D eigenvalue weighted by atomic mass is 79.9. The van der Waals surface area contributed by atoms with Crippen LogP contribution in [0.4, 0.5) is 8.78 Å². The zero-order chi connectivity index (χ0) is 14.9. The van der Waals surface area contributed by atoms with E-state index in [0.717, 1.165) is 6.07 Å². The van der Waals surface area contributed by atoms with Gasteiger partial charge in [-0.25, -0.2) is 21.9 Å². The largest absolute Gasteiger partial charge is 0.316 e. The minimum absolute atomic E-state index is 0. The maximum absolute atomic E-state index is 13.7. The number of nitrogens with one attached hydrogen (secondary N) is 2. The molecule has 0 radical (unpaired) electrons. The van der Waals surface area contributed by atoms with Crippen molar-refractivity contribution in [3.63, 3.8) is 0 Å². The van der Waals surface area contributed by atoms with Crippen molar-refractivity contribution in [2.24, 2.45) is 5.92 Å². The van der Waals surface area contributed by atoms with Gasteiger partial charge < -0.3 is 5.32 Å². The monoisotopic (exact) mass is 404 g/mol. The Kier molecular flexibility index (Phi) is 6.54. The fourth-order valence-corrected chi connectivity index (χ4v) is 4.12. The van der Waals surface area contributed by atoms with Gasteiger partial charge in [0.05, 0.1) is 4.47 Å². The summed E-state index contributed by atoms with van der Waals surface area (Å²) < 4.78 is 53.7. The molecule has 1 aromatic carbocycles. The molecule has 2 N–H and O–H groups in total. The van der Waals surface area contributed by atoms with Gasteiger partial charge in [0.1, 0.15) is 16.5 Å². The molecule has 9 heteroatoms. The lowest BCUT2D eigenvalue weighted by Gasteiger charge is -2.30. The van der Waals surface area contributed by atoms with E-state index in [4.69, 9.17) is 0 Å². The van der Waals surface area contributed by atoms with Crippen LogP contribution in [0.3, 0.4) is 0 Å². The van der Waals surface area contributed by atoms with Crippen molar-refractivity contribution in [2.45, 2.75) is 24.3 Å². The second-order valence-corrected chi connectivity index (χ2v) is 7.43. The van der Waals surface area contributed by atoms with Crippen LogP contribution < -0.4 is 10.0 Å². The second kappa shape index (κ2) is 7.32. The molecule has 2 unspecified atom stereocenters. The van der Waals surface area contributed by atoms with E-state index in [-0.39, 0.29) is 28.8 Å². The molecule has 2 rings (SSSR count). The highest BCUT2D eigenvalue weighted by Gasteiger charge is 2.29. The third-order valence-electron chi connectivity index (χ3n) is 3.36. The topological polar surface area (TPSA) is 58.2 Å². The van der Waals surface area contributed by atoms with Gasteiger partial charge in [0, 0.05) is 12.1 Å². The van der Waals surface area contributed by atoms with E-state index >= 15 is 0 Å². The van der Waals surface area contributed by atoms with Crippen LogP contribution in [0.15, 0.2) is 21.5 Å². The number of halogens is 4. The zero-order valence-corrected chi connectivity index (χ0v) is 14.4. The maximum atomic E-state index is 13.7. The molecule has 0 spiro atoms. The van der Waals surface area contributed by atoms with Crippen molar-refractivity contribution in [3.8, 4) is 0 Å². The SMILES string of the molecule is CC1CNCCC1NS(=O)(=O)c1cc(Br)c(F)cc1F.Cl. The van der Waals surface area contributed by atoms with Gasteiger partial charge in [-0.05, 0) is 47.4 Å². The predicted molar refractivity (Wildman–Crippen MR) is 82.1 cm³/mol. The van der Waals surface area contributed by atoms with Crippen molar-refractivity contribution in [3.05, 3.63) is 28.2 Å². The molecular weight excluding hydrogens is 390 g/mol. The Morgan fingerprint density at radius 2 is 2.00 bits per heavy atom. The molecule has 4 nitrogen and oxygen atoms in total. The Bertz CT molecular complexity index is 616. The number of hydrogen-bond acceptors (Lipinski definition) is 3. The van der Waals surface area contributed by atoms with Crippen LogP contribution in [0.1, 0.15) is 13.3 Å². The minimum atomic E-state index is -4.01. The molecule has 1 heterocycles. The number of sulfonamides is 1. The van der Waals surface area contributed by atoms with Gasteiger partial charge in [-0.2, -0.15) is 0 Å². The quantitative estimate of drug-likeness (QED) is 0.760.